The van der Waals surface area contributed by atoms with Crippen LogP contribution in [0.4, 0.5) is 11.4 Å². The molecule has 0 fully saturated rings. The highest BCUT2D eigenvalue weighted by atomic mass is 32.2. The van der Waals surface area contributed by atoms with Crippen molar-refractivity contribution >= 4 is 58.0 Å². The summed E-state index contributed by atoms with van der Waals surface area (Å²) < 4.78 is 11.7. The highest BCUT2D eigenvalue weighted by Crippen LogP contribution is 2.26. The number of oxazole rings is 1. The van der Waals surface area contributed by atoms with E-state index >= 15 is 0 Å². The molecule has 3 N–H and O–H groups in total. The Hall–Kier alpha value is -6.91. The molecule has 0 saturated heterocycles. The third kappa shape index (κ3) is 9.49. The topological polar surface area (TPSA) is 123 Å². The Bertz CT molecular complexity index is 2380. The van der Waals surface area contributed by atoms with Crippen LogP contribution in [0.5, 0.6) is 5.75 Å². The molecule has 0 aliphatic carbocycles. The minimum absolute atomic E-state index is 0.0568. The summed E-state index contributed by atoms with van der Waals surface area (Å²) >= 11 is 1.33. The fourth-order valence-corrected chi connectivity index (χ4v) is 6.17. The Morgan fingerprint density at radius 2 is 1.43 bits per heavy atom. The molecule has 0 aliphatic rings. The first kappa shape index (κ1) is 35.5. The molecule has 1 aromatic heterocycles. The van der Waals surface area contributed by atoms with Crippen molar-refractivity contribution in [3.63, 3.8) is 0 Å². The minimum Gasteiger partial charge on any atom is -0.489 e. The number of ether oxygens (including phenoxy) is 1. The lowest BCUT2D eigenvalue weighted by molar-refractivity contribution is -0.114. The van der Waals surface area contributed by atoms with E-state index in [-0.39, 0.29) is 17.4 Å². The number of carbonyl (C=O) groups is 3. The van der Waals surface area contributed by atoms with E-state index in [4.69, 9.17) is 9.15 Å². The van der Waals surface area contributed by atoms with Crippen molar-refractivity contribution in [1.82, 2.24) is 10.3 Å². The summed E-state index contributed by atoms with van der Waals surface area (Å²) in [5.74, 6) is 0.216. The second-order valence-electron chi connectivity index (χ2n) is 12.1. The average Bonchev–Trinajstić information content (AvgIpc) is 3.65. The largest absolute Gasteiger partial charge is 0.489 e. The molecule has 3 amide bonds. The van der Waals surface area contributed by atoms with Crippen LogP contribution in [0.3, 0.4) is 0 Å². The van der Waals surface area contributed by atoms with Crippen LogP contribution in [0.1, 0.15) is 21.5 Å². The molecule has 6 aromatic carbocycles. The first-order chi connectivity index (χ1) is 26.4. The summed E-state index contributed by atoms with van der Waals surface area (Å²) in [4.78, 5) is 44.9. The molecule has 0 spiro atoms. The van der Waals surface area contributed by atoms with Crippen molar-refractivity contribution < 1.29 is 23.5 Å². The van der Waals surface area contributed by atoms with Crippen LogP contribution in [0.25, 0.3) is 28.6 Å². The molecule has 0 bridgehead atoms. The molecule has 9 nitrogen and oxygen atoms in total. The monoisotopic (exact) mass is 730 g/mol. The van der Waals surface area contributed by atoms with E-state index in [0.29, 0.717) is 46.3 Å². The van der Waals surface area contributed by atoms with Crippen LogP contribution in [-0.4, -0.2) is 28.5 Å². The number of rotatable bonds is 13. The maximum Gasteiger partial charge on any atom is 0.272 e. The number of anilines is 2. The Balaban J connectivity index is 0.976. The average molecular weight is 731 g/mol. The third-order valence-electron chi connectivity index (χ3n) is 8.14. The number of hydrogen-bond donors (Lipinski definition) is 3. The Morgan fingerprint density at radius 3 is 2.19 bits per heavy atom. The van der Waals surface area contributed by atoms with E-state index in [1.165, 1.54) is 11.8 Å². The molecule has 0 radical (unpaired) electrons. The smallest absolute Gasteiger partial charge is 0.272 e. The van der Waals surface area contributed by atoms with Gasteiger partial charge in [0.05, 0.1) is 5.75 Å². The number of nitrogens with one attached hydrogen (secondary N) is 3. The zero-order chi connectivity index (χ0) is 37.1. The van der Waals surface area contributed by atoms with Gasteiger partial charge in [0, 0.05) is 27.4 Å². The first-order valence-electron chi connectivity index (χ1n) is 17.1. The van der Waals surface area contributed by atoms with Gasteiger partial charge in [-0.2, -0.15) is 0 Å². The summed E-state index contributed by atoms with van der Waals surface area (Å²) in [6, 6.07) is 47.9. The molecular weight excluding hydrogens is 697 g/mol. The summed E-state index contributed by atoms with van der Waals surface area (Å²) in [6.45, 7) is 0.427. The van der Waals surface area contributed by atoms with E-state index in [1.807, 2.05) is 103 Å². The molecule has 10 heteroatoms. The fraction of sp³-hybridized carbons (Fsp3) is 0.0455. The molecule has 266 valence electrons. The minimum atomic E-state index is -0.509. The third-order valence-corrected chi connectivity index (χ3v) is 9.13. The Morgan fingerprint density at radius 1 is 0.704 bits per heavy atom. The van der Waals surface area contributed by atoms with Crippen LogP contribution >= 0.6 is 11.8 Å². The van der Waals surface area contributed by atoms with Crippen molar-refractivity contribution in [1.29, 1.82) is 0 Å². The maximum absolute atomic E-state index is 13.7. The molecule has 7 rings (SSSR count). The quantitative estimate of drug-likeness (QED) is 0.0799. The normalized spacial score (nSPS) is 11.1. The summed E-state index contributed by atoms with van der Waals surface area (Å²) in [7, 11) is 0. The van der Waals surface area contributed by atoms with Crippen molar-refractivity contribution in [2.75, 3.05) is 16.4 Å². The number of hydrogen-bond acceptors (Lipinski definition) is 7. The standard InChI is InChI=1S/C44H34N4O5S/c49-41(45-34-22-20-33(21-23-34)44-48-38-16-7-8-17-40(38)53-44)29-54-37-15-9-14-35(27-37)46-43(51)39(47-42(50)32-12-5-2-6-13-32)26-30-18-24-36(25-19-30)52-28-31-10-3-1-4-11-31/h1-27H,28-29H2,(H,45,49)(H,46,51)(H,47,50)/b39-26-. The van der Waals surface area contributed by atoms with Crippen LogP contribution in [-0.2, 0) is 16.2 Å². The number of para-hydroxylation sites is 2. The number of amides is 3. The van der Waals surface area contributed by atoms with Crippen molar-refractivity contribution in [3.05, 3.63) is 180 Å². The van der Waals surface area contributed by atoms with Crippen molar-refractivity contribution in [3.8, 4) is 17.2 Å². The molecule has 54 heavy (non-hydrogen) atoms. The number of nitrogens with zero attached hydrogens (tertiary/aromatic N) is 1. The van der Waals surface area contributed by atoms with Gasteiger partial charge in [0.15, 0.2) is 5.58 Å². The van der Waals surface area contributed by atoms with Gasteiger partial charge in [-0.05, 0) is 96.1 Å². The lowest BCUT2D eigenvalue weighted by atomic mass is 10.1. The molecular formula is C44H34N4O5S. The molecule has 7 aromatic rings. The highest BCUT2D eigenvalue weighted by Gasteiger charge is 2.16. The van der Waals surface area contributed by atoms with E-state index < -0.39 is 11.8 Å². The number of thioether (sulfide) groups is 1. The molecule has 0 unspecified atom stereocenters. The molecule has 1 heterocycles. The number of aromatic nitrogens is 1. The van der Waals surface area contributed by atoms with Crippen molar-refractivity contribution in [2.45, 2.75) is 11.5 Å². The zero-order valence-electron chi connectivity index (χ0n) is 28.9. The van der Waals surface area contributed by atoms with Crippen LogP contribution < -0.4 is 20.7 Å². The first-order valence-corrected chi connectivity index (χ1v) is 18.1. The van der Waals surface area contributed by atoms with E-state index in [0.717, 1.165) is 21.5 Å². The van der Waals surface area contributed by atoms with Crippen molar-refractivity contribution in [2.24, 2.45) is 0 Å². The number of carbonyl (C=O) groups excluding carboxylic acids is 3. The van der Waals surface area contributed by atoms with Gasteiger partial charge < -0.3 is 25.1 Å². The highest BCUT2D eigenvalue weighted by molar-refractivity contribution is 8.00. The molecule has 0 saturated carbocycles. The fourth-order valence-electron chi connectivity index (χ4n) is 5.41. The van der Waals surface area contributed by atoms with Gasteiger partial charge in [0.25, 0.3) is 11.8 Å². The maximum atomic E-state index is 13.7. The van der Waals surface area contributed by atoms with Gasteiger partial charge in [0.2, 0.25) is 11.8 Å². The van der Waals surface area contributed by atoms with Gasteiger partial charge in [-0.15, -0.1) is 11.8 Å². The summed E-state index contributed by atoms with van der Waals surface area (Å²) in [6.07, 6.45) is 1.61. The Kier molecular flexibility index (Phi) is 11.2. The SMILES string of the molecule is O=C(CSc1cccc(NC(=O)/C(=C/c2ccc(OCc3ccccc3)cc2)NC(=O)c2ccccc2)c1)Nc1ccc(-c2nc3ccccc3o2)cc1. The van der Waals surface area contributed by atoms with Crippen LogP contribution in [0.15, 0.2) is 173 Å². The van der Waals surface area contributed by atoms with E-state index in [1.54, 1.807) is 60.7 Å². The Labute approximate surface area is 316 Å². The van der Waals surface area contributed by atoms with Gasteiger partial charge in [-0.3, -0.25) is 14.4 Å². The number of fused-ring (bicyclic) bond motifs is 1. The predicted molar refractivity (Wildman–Crippen MR) is 213 cm³/mol. The lowest BCUT2D eigenvalue weighted by Gasteiger charge is -2.12. The van der Waals surface area contributed by atoms with Gasteiger partial charge in [-0.25, -0.2) is 4.98 Å². The molecule has 0 aliphatic heterocycles. The van der Waals surface area contributed by atoms with Gasteiger partial charge >= 0.3 is 0 Å². The van der Waals surface area contributed by atoms with Gasteiger partial charge in [-0.1, -0.05) is 78.9 Å². The summed E-state index contributed by atoms with van der Waals surface area (Å²) in [5.41, 5.74) is 5.66. The van der Waals surface area contributed by atoms with Crippen LogP contribution in [0, 0.1) is 0 Å². The second-order valence-corrected chi connectivity index (χ2v) is 13.2. The van der Waals surface area contributed by atoms with Gasteiger partial charge in [0.1, 0.15) is 23.6 Å². The predicted octanol–water partition coefficient (Wildman–Crippen LogP) is 9.21. The molecule has 0 atom stereocenters. The van der Waals surface area contributed by atoms with E-state index in [9.17, 15) is 14.4 Å². The number of benzene rings is 6. The lowest BCUT2D eigenvalue weighted by Crippen LogP contribution is -2.30. The second kappa shape index (κ2) is 17.1. The zero-order valence-corrected chi connectivity index (χ0v) is 29.7. The van der Waals surface area contributed by atoms with Crippen LogP contribution in [0.2, 0.25) is 0 Å². The van der Waals surface area contributed by atoms with E-state index in [2.05, 4.69) is 20.9 Å². The summed E-state index contributed by atoms with van der Waals surface area (Å²) in [5, 5.41) is 8.58.